The SMILES string of the molecule is Cn1ccc2ccc(C(=O)N3CCC4(CC3)OCCO4)cc21. The molecule has 22 heavy (non-hydrogen) atoms. The fourth-order valence-electron chi connectivity index (χ4n) is 3.41. The second-order valence-electron chi connectivity index (χ2n) is 6.10. The maximum atomic E-state index is 12.7. The van der Waals surface area contributed by atoms with E-state index in [-0.39, 0.29) is 5.91 Å². The van der Waals surface area contributed by atoms with Crippen molar-refractivity contribution in [2.45, 2.75) is 18.6 Å². The van der Waals surface area contributed by atoms with Gasteiger partial charge < -0.3 is 18.9 Å². The van der Waals surface area contributed by atoms with Gasteiger partial charge in [-0.1, -0.05) is 6.07 Å². The van der Waals surface area contributed by atoms with Crippen LogP contribution in [-0.4, -0.2) is 47.5 Å². The highest BCUT2D eigenvalue weighted by Crippen LogP contribution is 2.31. The third kappa shape index (κ3) is 2.21. The van der Waals surface area contributed by atoms with Gasteiger partial charge in [0.15, 0.2) is 5.79 Å². The second kappa shape index (κ2) is 5.11. The summed E-state index contributed by atoms with van der Waals surface area (Å²) in [5, 5.41) is 1.16. The number of carbonyl (C=O) groups is 1. The van der Waals surface area contributed by atoms with Crippen molar-refractivity contribution in [3.8, 4) is 0 Å². The summed E-state index contributed by atoms with van der Waals surface area (Å²) >= 11 is 0. The van der Waals surface area contributed by atoms with E-state index in [1.807, 2.05) is 40.9 Å². The van der Waals surface area contributed by atoms with E-state index in [2.05, 4.69) is 6.07 Å². The van der Waals surface area contributed by atoms with Crippen molar-refractivity contribution in [1.82, 2.24) is 9.47 Å². The van der Waals surface area contributed by atoms with Crippen molar-refractivity contribution >= 4 is 16.8 Å². The predicted octanol–water partition coefficient (Wildman–Crippen LogP) is 2.16. The summed E-state index contributed by atoms with van der Waals surface area (Å²) in [4.78, 5) is 14.6. The molecule has 2 aliphatic rings. The van der Waals surface area contributed by atoms with E-state index < -0.39 is 5.79 Å². The monoisotopic (exact) mass is 300 g/mol. The van der Waals surface area contributed by atoms with Crippen LogP contribution in [0.15, 0.2) is 30.5 Å². The van der Waals surface area contributed by atoms with E-state index in [0.717, 1.165) is 29.3 Å². The number of rotatable bonds is 1. The minimum absolute atomic E-state index is 0.0935. The Morgan fingerprint density at radius 3 is 2.59 bits per heavy atom. The Kier molecular flexibility index (Phi) is 3.20. The molecule has 116 valence electrons. The maximum absolute atomic E-state index is 12.7. The van der Waals surface area contributed by atoms with Gasteiger partial charge >= 0.3 is 0 Å². The summed E-state index contributed by atoms with van der Waals surface area (Å²) in [6.45, 7) is 2.70. The van der Waals surface area contributed by atoms with Crippen LogP contribution in [0.3, 0.4) is 0 Å². The average Bonchev–Trinajstić information content (AvgIpc) is 3.15. The molecule has 2 aliphatic heterocycles. The van der Waals surface area contributed by atoms with Crippen molar-refractivity contribution in [1.29, 1.82) is 0 Å². The van der Waals surface area contributed by atoms with Crippen LogP contribution in [0, 0.1) is 0 Å². The van der Waals surface area contributed by atoms with E-state index in [4.69, 9.17) is 9.47 Å². The Balaban J connectivity index is 1.52. The standard InChI is InChI=1S/C17H20N2O3/c1-18-7-4-13-2-3-14(12-15(13)18)16(20)19-8-5-17(6-9-19)21-10-11-22-17/h2-4,7,12H,5-6,8-11H2,1H3. The fourth-order valence-corrected chi connectivity index (χ4v) is 3.41. The van der Waals surface area contributed by atoms with Gasteiger partial charge in [-0.25, -0.2) is 0 Å². The van der Waals surface area contributed by atoms with Gasteiger partial charge in [0, 0.05) is 50.3 Å². The zero-order chi connectivity index (χ0) is 15.2. The zero-order valence-electron chi connectivity index (χ0n) is 12.7. The number of benzene rings is 1. The topological polar surface area (TPSA) is 43.7 Å². The number of ether oxygens (including phenoxy) is 2. The van der Waals surface area contributed by atoms with E-state index >= 15 is 0 Å². The molecular weight excluding hydrogens is 280 g/mol. The van der Waals surface area contributed by atoms with Gasteiger partial charge in [-0.15, -0.1) is 0 Å². The van der Waals surface area contributed by atoms with Crippen LogP contribution in [-0.2, 0) is 16.5 Å². The Hall–Kier alpha value is -1.85. The van der Waals surface area contributed by atoms with Crippen LogP contribution in [0.2, 0.25) is 0 Å². The summed E-state index contributed by atoms with van der Waals surface area (Å²) in [6.07, 6.45) is 3.52. The Morgan fingerprint density at radius 1 is 1.14 bits per heavy atom. The first-order valence-electron chi connectivity index (χ1n) is 7.79. The lowest BCUT2D eigenvalue weighted by Crippen LogP contribution is -2.47. The maximum Gasteiger partial charge on any atom is 0.253 e. The molecule has 2 fully saturated rings. The number of amides is 1. The van der Waals surface area contributed by atoms with Gasteiger partial charge in [0.05, 0.1) is 13.2 Å². The highest BCUT2D eigenvalue weighted by atomic mass is 16.7. The van der Waals surface area contributed by atoms with E-state index in [9.17, 15) is 4.79 Å². The minimum atomic E-state index is -0.432. The lowest BCUT2D eigenvalue weighted by Gasteiger charge is -2.37. The van der Waals surface area contributed by atoms with Crippen LogP contribution < -0.4 is 0 Å². The molecule has 1 aromatic heterocycles. The summed E-state index contributed by atoms with van der Waals surface area (Å²) < 4.78 is 13.5. The van der Waals surface area contributed by atoms with Crippen LogP contribution in [0.25, 0.3) is 10.9 Å². The largest absolute Gasteiger partial charge is 0.351 e. The minimum Gasteiger partial charge on any atom is -0.351 e. The van der Waals surface area contributed by atoms with Gasteiger partial charge in [-0.05, 0) is 23.6 Å². The summed E-state index contributed by atoms with van der Waals surface area (Å²) in [5.74, 6) is -0.338. The molecule has 0 atom stereocenters. The van der Waals surface area contributed by atoms with Crippen molar-refractivity contribution in [2.24, 2.45) is 7.05 Å². The van der Waals surface area contributed by atoms with Crippen LogP contribution in [0.5, 0.6) is 0 Å². The summed E-state index contributed by atoms with van der Waals surface area (Å²) in [5.41, 5.74) is 1.83. The molecule has 1 aromatic carbocycles. The summed E-state index contributed by atoms with van der Waals surface area (Å²) in [6, 6.07) is 7.96. The van der Waals surface area contributed by atoms with Crippen molar-refractivity contribution < 1.29 is 14.3 Å². The van der Waals surface area contributed by atoms with Crippen LogP contribution in [0.4, 0.5) is 0 Å². The molecule has 2 saturated heterocycles. The smallest absolute Gasteiger partial charge is 0.253 e. The molecule has 0 aliphatic carbocycles. The highest BCUT2D eigenvalue weighted by Gasteiger charge is 2.40. The molecule has 0 N–H and O–H groups in total. The lowest BCUT2D eigenvalue weighted by atomic mass is 10.0. The first-order valence-corrected chi connectivity index (χ1v) is 7.79. The third-order valence-electron chi connectivity index (χ3n) is 4.76. The molecule has 4 rings (SSSR count). The van der Waals surface area contributed by atoms with Crippen molar-refractivity contribution in [3.63, 3.8) is 0 Å². The Bertz CT molecular complexity index is 706. The first-order chi connectivity index (χ1) is 10.7. The first kappa shape index (κ1) is 13.8. The van der Waals surface area contributed by atoms with E-state index in [1.54, 1.807) is 0 Å². The molecule has 0 saturated carbocycles. The number of aromatic nitrogens is 1. The molecule has 1 amide bonds. The average molecular weight is 300 g/mol. The number of piperidine rings is 1. The van der Waals surface area contributed by atoms with Gasteiger partial charge in [0.2, 0.25) is 0 Å². The molecule has 0 radical (unpaired) electrons. The van der Waals surface area contributed by atoms with Crippen LogP contribution >= 0.6 is 0 Å². The molecular formula is C17H20N2O3. The number of carbonyl (C=O) groups excluding carboxylic acids is 1. The third-order valence-corrected chi connectivity index (χ3v) is 4.76. The van der Waals surface area contributed by atoms with E-state index in [0.29, 0.717) is 26.3 Å². The second-order valence-corrected chi connectivity index (χ2v) is 6.10. The Morgan fingerprint density at radius 2 is 1.86 bits per heavy atom. The van der Waals surface area contributed by atoms with Gasteiger partial charge in [-0.2, -0.15) is 0 Å². The van der Waals surface area contributed by atoms with E-state index in [1.165, 1.54) is 0 Å². The lowest BCUT2D eigenvalue weighted by molar-refractivity contribution is -0.181. The molecule has 3 heterocycles. The molecule has 0 unspecified atom stereocenters. The Labute approximate surface area is 129 Å². The number of hydrogen-bond donors (Lipinski definition) is 0. The van der Waals surface area contributed by atoms with Crippen LogP contribution in [0.1, 0.15) is 23.2 Å². The number of likely N-dealkylation sites (tertiary alicyclic amines) is 1. The number of fused-ring (bicyclic) bond motifs is 1. The highest BCUT2D eigenvalue weighted by molar-refractivity contribution is 5.98. The normalized spacial score (nSPS) is 20.9. The quantitative estimate of drug-likeness (QED) is 0.810. The fraction of sp³-hybridized carbons (Fsp3) is 0.471. The molecule has 1 spiro atoms. The molecule has 5 nitrogen and oxygen atoms in total. The van der Waals surface area contributed by atoms with Gasteiger partial charge in [-0.3, -0.25) is 4.79 Å². The van der Waals surface area contributed by atoms with Crippen molar-refractivity contribution in [2.75, 3.05) is 26.3 Å². The van der Waals surface area contributed by atoms with Gasteiger partial charge in [0.25, 0.3) is 5.91 Å². The molecule has 5 heteroatoms. The number of hydrogen-bond acceptors (Lipinski definition) is 3. The van der Waals surface area contributed by atoms with Gasteiger partial charge in [0.1, 0.15) is 0 Å². The number of aryl methyl sites for hydroxylation is 1. The number of nitrogens with zero attached hydrogens (tertiary/aromatic N) is 2. The summed E-state index contributed by atoms with van der Waals surface area (Å²) in [7, 11) is 2.00. The molecule has 0 bridgehead atoms. The predicted molar refractivity (Wildman–Crippen MR) is 82.7 cm³/mol. The zero-order valence-corrected chi connectivity index (χ0v) is 12.7. The molecule has 2 aromatic rings. The van der Waals surface area contributed by atoms with Crippen molar-refractivity contribution in [3.05, 3.63) is 36.0 Å².